The van der Waals surface area contributed by atoms with Gasteiger partial charge in [-0.1, -0.05) is 16.7 Å². The van der Waals surface area contributed by atoms with Crippen LogP contribution in [0, 0.1) is 0 Å². The molecule has 4 rings (SSSR count). The molecule has 35 heavy (non-hydrogen) atoms. The molecule has 3 N–H and O–H groups in total. The maximum atomic E-state index is 12.7. The van der Waals surface area contributed by atoms with Gasteiger partial charge in [0.15, 0.2) is 0 Å². The molecule has 0 aromatic carbocycles. The van der Waals surface area contributed by atoms with E-state index in [1.54, 1.807) is 32.2 Å². The summed E-state index contributed by atoms with van der Waals surface area (Å²) in [6.45, 7) is 6.01. The number of hydrogen-bond donors (Lipinski definition) is 3. The number of nitrogens with zero attached hydrogens (tertiary/aromatic N) is 3. The number of carboxylic acid groups (broad SMARTS) is 1. The van der Waals surface area contributed by atoms with Gasteiger partial charge in [0.25, 0.3) is 0 Å². The summed E-state index contributed by atoms with van der Waals surface area (Å²) in [5, 5.41) is 13.6. The van der Waals surface area contributed by atoms with Crippen LogP contribution in [0.5, 0.6) is 0 Å². The summed E-state index contributed by atoms with van der Waals surface area (Å²) in [5.41, 5.74) is 0. The number of carbonyl (C=O) groups is 6. The lowest BCUT2D eigenvalue weighted by atomic mass is 9.96. The van der Waals surface area contributed by atoms with Crippen molar-refractivity contribution in [1.82, 2.24) is 24.7 Å². The first-order valence-electron chi connectivity index (χ1n) is 11.1. The number of β-lactam (4-membered cyclic amide) rings is 1. The van der Waals surface area contributed by atoms with Crippen molar-refractivity contribution in [2.45, 2.75) is 55.8 Å². The molecule has 14 heteroatoms. The molecule has 190 valence electrons. The summed E-state index contributed by atoms with van der Waals surface area (Å²) in [5.74, 6) is -3.53. The van der Waals surface area contributed by atoms with Crippen LogP contribution in [0.4, 0.5) is 4.79 Å². The van der Waals surface area contributed by atoms with Crippen LogP contribution in [-0.4, -0.2) is 103 Å². The zero-order valence-electron chi connectivity index (χ0n) is 19.5. The van der Waals surface area contributed by atoms with E-state index in [1.807, 2.05) is 0 Å². The smallest absolute Gasteiger partial charge is 0.334 e. The van der Waals surface area contributed by atoms with Gasteiger partial charge in [-0.05, 0) is 32.6 Å². The van der Waals surface area contributed by atoms with Crippen molar-refractivity contribution in [3.63, 3.8) is 0 Å². The molecule has 0 bridgehead atoms. The van der Waals surface area contributed by atoms with Crippen LogP contribution >= 0.6 is 22.4 Å². The van der Waals surface area contributed by atoms with E-state index in [-0.39, 0.29) is 19.5 Å². The summed E-state index contributed by atoms with van der Waals surface area (Å²) in [4.78, 5) is 78.2. The molecule has 0 aromatic heterocycles. The largest absolute Gasteiger partial charge is 0.480 e. The first-order valence-corrected chi connectivity index (χ1v) is 13.3. The number of urea groups is 1. The van der Waals surface area contributed by atoms with Crippen LogP contribution in [0.15, 0.2) is 11.0 Å². The second kappa shape index (κ2) is 9.30. The predicted octanol–water partition coefficient (Wildman–Crippen LogP) is -0.318. The zero-order valence-corrected chi connectivity index (χ0v) is 21.1. The molecule has 0 aliphatic carbocycles. The molecule has 0 radical (unpaired) electrons. The first-order chi connectivity index (χ1) is 16.5. The number of piperazine rings is 1. The number of thioether (sulfide) groups is 1. The average molecular weight is 526 g/mol. The maximum absolute atomic E-state index is 12.7. The SMILES string of the molecule is CCN1CCN(C(=O)NS2=CCC=C2CC(=O)N[C@@H]2C(=O)N3[C@@H]2SC(C)(C)[C@@H]3C(=O)O)C(=O)C1=O. The quantitative estimate of drug-likeness (QED) is 0.242. The minimum absolute atomic E-state index is 0.0662. The number of nitrogens with one attached hydrogen (secondary N) is 2. The van der Waals surface area contributed by atoms with Crippen molar-refractivity contribution in [2.24, 2.45) is 0 Å². The summed E-state index contributed by atoms with van der Waals surface area (Å²) in [6, 6.07) is -2.46. The van der Waals surface area contributed by atoms with E-state index in [2.05, 4.69) is 10.0 Å². The van der Waals surface area contributed by atoms with Crippen LogP contribution in [0.25, 0.3) is 0 Å². The second-order valence-electron chi connectivity index (χ2n) is 8.98. The molecule has 4 aliphatic rings. The molecule has 0 saturated carbocycles. The normalized spacial score (nSPS) is 29.3. The third-order valence-electron chi connectivity index (χ3n) is 6.35. The summed E-state index contributed by atoms with van der Waals surface area (Å²) >= 11 is 1.34. The van der Waals surface area contributed by atoms with Crippen LogP contribution in [0.2, 0.25) is 0 Å². The Morgan fingerprint density at radius 2 is 1.91 bits per heavy atom. The second-order valence-corrected chi connectivity index (χ2v) is 12.5. The molecule has 0 aromatic rings. The van der Waals surface area contributed by atoms with Gasteiger partial charge in [0.05, 0.1) is 6.42 Å². The van der Waals surface area contributed by atoms with E-state index in [9.17, 15) is 33.9 Å². The molecule has 1 unspecified atom stereocenters. The highest BCUT2D eigenvalue weighted by molar-refractivity contribution is 8.17. The fourth-order valence-corrected chi connectivity index (χ4v) is 7.78. The van der Waals surface area contributed by atoms with E-state index >= 15 is 0 Å². The van der Waals surface area contributed by atoms with Gasteiger partial charge in [-0.2, -0.15) is 0 Å². The van der Waals surface area contributed by atoms with Crippen molar-refractivity contribution in [3.05, 3.63) is 11.0 Å². The monoisotopic (exact) mass is 525 g/mol. The minimum Gasteiger partial charge on any atom is -0.480 e. The molecule has 0 spiro atoms. The van der Waals surface area contributed by atoms with Crippen molar-refractivity contribution in [3.8, 4) is 0 Å². The average Bonchev–Trinajstić information content (AvgIpc) is 3.32. The number of carbonyl (C=O) groups excluding carboxylic acids is 5. The Morgan fingerprint density at radius 3 is 2.57 bits per heavy atom. The molecule has 4 atom stereocenters. The highest BCUT2D eigenvalue weighted by Gasteiger charge is 2.64. The standard InChI is InChI=1S/C21H27N5O7S2/c1-4-24-7-8-25(17(30)16(24)29)20(33)23-35-9-5-6-11(35)10-12(27)22-13-15(28)26-14(19(31)32)21(2,3)34-18(13)26/h6,9,13-14,18H,4-5,7-8,10H2,1-3H3,(H,22,27)(H,23,33)(H,31,32)/t13-,14+,18-,35?/m1/s1. The van der Waals surface area contributed by atoms with Gasteiger partial charge >= 0.3 is 23.8 Å². The van der Waals surface area contributed by atoms with E-state index < -0.39 is 68.5 Å². The van der Waals surface area contributed by atoms with Gasteiger partial charge in [0, 0.05) is 29.3 Å². The van der Waals surface area contributed by atoms with E-state index in [0.29, 0.717) is 17.9 Å². The van der Waals surface area contributed by atoms with Crippen LogP contribution in [0.3, 0.4) is 0 Å². The minimum atomic E-state index is -1.08. The number of carboxylic acids is 1. The number of amides is 6. The molecule has 4 aliphatic heterocycles. The molecule has 3 saturated heterocycles. The zero-order chi connectivity index (χ0) is 25.7. The Kier molecular flexibility index (Phi) is 6.70. The van der Waals surface area contributed by atoms with Crippen LogP contribution < -0.4 is 10.0 Å². The molecule has 4 heterocycles. The fraction of sp³-hybridized carbons (Fsp3) is 0.571. The molecule has 6 amide bonds. The third-order valence-corrected chi connectivity index (χ3v) is 9.72. The van der Waals surface area contributed by atoms with E-state index in [0.717, 1.165) is 4.90 Å². The predicted molar refractivity (Wildman–Crippen MR) is 129 cm³/mol. The number of rotatable bonds is 6. The lowest BCUT2D eigenvalue weighted by Gasteiger charge is -2.43. The Morgan fingerprint density at radius 1 is 1.20 bits per heavy atom. The third kappa shape index (κ3) is 4.44. The Hall–Kier alpha value is -2.87. The number of allylic oxidation sites excluding steroid dienone is 1. The number of likely N-dealkylation sites (N-methyl/N-ethyl adjacent to an activating group) is 1. The highest BCUT2D eigenvalue weighted by Crippen LogP contribution is 2.50. The van der Waals surface area contributed by atoms with Gasteiger partial charge in [0.1, 0.15) is 17.5 Å². The Labute approximate surface area is 208 Å². The summed E-state index contributed by atoms with van der Waals surface area (Å²) in [7, 11) is -0.913. The summed E-state index contributed by atoms with van der Waals surface area (Å²) < 4.78 is 2.03. The number of imide groups is 1. The lowest BCUT2D eigenvalue weighted by Crippen LogP contribution is -2.70. The van der Waals surface area contributed by atoms with Crippen LogP contribution in [-0.2, 0) is 24.0 Å². The lowest BCUT2D eigenvalue weighted by molar-refractivity contribution is -0.161. The van der Waals surface area contributed by atoms with E-state index in [4.69, 9.17) is 0 Å². The first kappa shape index (κ1) is 25.2. The number of fused-ring (bicyclic) bond motifs is 1. The number of aliphatic carboxylic acids is 1. The fourth-order valence-electron chi connectivity index (χ4n) is 4.58. The number of hydrogen-bond acceptors (Lipinski definition) is 7. The van der Waals surface area contributed by atoms with Gasteiger partial charge in [-0.3, -0.25) is 28.8 Å². The van der Waals surface area contributed by atoms with Gasteiger partial charge in [0.2, 0.25) is 11.8 Å². The molecule has 3 fully saturated rings. The highest BCUT2D eigenvalue weighted by atomic mass is 32.2. The van der Waals surface area contributed by atoms with Gasteiger partial charge < -0.3 is 20.2 Å². The van der Waals surface area contributed by atoms with Crippen LogP contribution in [0.1, 0.15) is 33.6 Å². The summed E-state index contributed by atoms with van der Waals surface area (Å²) in [6.07, 6.45) is 2.25. The van der Waals surface area contributed by atoms with E-state index in [1.165, 1.54) is 21.6 Å². The maximum Gasteiger partial charge on any atom is 0.334 e. The Balaban J connectivity index is 1.33. The topological polar surface area (TPSA) is 156 Å². The van der Waals surface area contributed by atoms with Gasteiger partial charge in [-0.25, -0.2) is 9.59 Å². The van der Waals surface area contributed by atoms with Crippen molar-refractivity contribution in [1.29, 1.82) is 0 Å². The molecular formula is C21H27N5O7S2. The van der Waals surface area contributed by atoms with Gasteiger partial charge in [-0.15, -0.1) is 11.8 Å². The van der Waals surface area contributed by atoms with Crippen molar-refractivity contribution < 1.29 is 33.9 Å². The van der Waals surface area contributed by atoms with Crippen molar-refractivity contribution >= 4 is 63.4 Å². The Bertz CT molecular complexity index is 1090. The van der Waals surface area contributed by atoms with Crippen molar-refractivity contribution in [2.75, 3.05) is 19.6 Å². The molecular weight excluding hydrogens is 498 g/mol. The molecule has 12 nitrogen and oxygen atoms in total.